The van der Waals surface area contributed by atoms with Gasteiger partial charge in [0.15, 0.2) is 0 Å². The normalized spacial score (nSPS) is 20.0. The molecule has 2 aromatic rings. The summed E-state index contributed by atoms with van der Waals surface area (Å²) in [6.07, 6.45) is 4.51. The first-order valence-electron chi connectivity index (χ1n) is 9.89. The van der Waals surface area contributed by atoms with Gasteiger partial charge in [-0.15, -0.1) is 0 Å². The number of phenolic OH excluding ortho intramolecular Hbond substituents is 1. The van der Waals surface area contributed by atoms with E-state index in [9.17, 15) is 9.90 Å². The summed E-state index contributed by atoms with van der Waals surface area (Å²) in [5, 5.41) is 13.1. The van der Waals surface area contributed by atoms with Crippen LogP contribution in [0.1, 0.15) is 65.0 Å². The maximum absolute atomic E-state index is 11.3. The van der Waals surface area contributed by atoms with E-state index in [2.05, 4.69) is 36.1 Å². The number of anilines is 2. The van der Waals surface area contributed by atoms with Crippen LogP contribution in [0.2, 0.25) is 0 Å². The van der Waals surface area contributed by atoms with Gasteiger partial charge in [0.05, 0.1) is 5.69 Å². The second-order valence-corrected chi connectivity index (χ2v) is 8.86. The number of hydrogen-bond acceptors (Lipinski definition) is 5. The quantitative estimate of drug-likeness (QED) is 0.667. The number of hydrogen-bond donors (Lipinski definition) is 3. The predicted octanol–water partition coefficient (Wildman–Crippen LogP) is 4.71. The number of rotatable bonds is 3. The van der Waals surface area contributed by atoms with Crippen LogP contribution in [0, 0.1) is 11.3 Å². The SMILES string of the molecule is CC(=O)Nc1ccc(O)c(-c2cc(C3CCC(C(C)(C)C)CC3)nc(N)n2)c1. The monoisotopic (exact) mass is 382 g/mol. The zero-order valence-corrected chi connectivity index (χ0v) is 17.1. The number of benzene rings is 1. The van der Waals surface area contributed by atoms with Crippen molar-refractivity contribution in [2.45, 2.75) is 59.3 Å². The van der Waals surface area contributed by atoms with E-state index in [4.69, 9.17) is 5.73 Å². The Bertz CT molecular complexity index is 865. The number of phenols is 1. The first-order chi connectivity index (χ1) is 13.1. The molecule has 0 radical (unpaired) electrons. The van der Waals surface area contributed by atoms with Crippen molar-refractivity contribution < 1.29 is 9.90 Å². The van der Waals surface area contributed by atoms with Crippen molar-refractivity contribution >= 4 is 17.5 Å². The molecule has 3 rings (SSSR count). The van der Waals surface area contributed by atoms with Crippen LogP contribution in [-0.4, -0.2) is 21.0 Å². The molecule has 1 aromatic heterocycles. The van der Waals surface area contributed by atoms with Crippen molar-refractivity contribution in [1.29, 1.82) is 0 Å². The number of nitrogens with one attached hydrogen (secondary N) is 1. The van der Waals surface area contributed by atoms with Crippen molar-refractivity contribution in [2.24, 2.45) is 11.3 Å². The predicted molar refractivity (Wildman–Crippen MR) is 112 cm³/mol. The fourth-order valence-electron chi connectivity index (χ4n) is 4.11. The third-order valence-electron chi connectivity index (χ3n) is 5.73. The third kappa shape index (κ3) is 4.61. The molecule has 1 amide bonds. The zero-order valence-electron chi connectivity index (χ0n) is 17.1. The van der Waals surface area contributed by atoms with Gasteiger partial charge in [0.25, 0.3) is 0 Å². The molecule has 0 unspecified atom stereocenters. The van der Waals surface area contributed by atoms with Gasteiger partial charge in [-0.25, -0.2) is 9.97 Å². The average molecular weight is 383 g/mol. The summed E-state index contributed by atoms with van der Waals surface area (Å²) in [5.41, 5.74) is 8.96. The van der Waals surface area contributed by atoms with Crippen molar-refractivity contribution in [2.75, 3.05) is 11.1 Å². The highest BCUT2D eigenvalue weighted by molar-refractivity contribution is 5.90. The van der Waals surface area contributed by atoms with E-state index in [0.29, 0.717) is 28.3 Å². The second-order valence-electron chi connectivity index (χ2n) is 8.86. The van der Waals surface area contributed by atoms with Crippen molar-refractivity contribution in [3.63, 3.8) is 0 Å². The summed E-state index contributed by atoms with van der Waals surface area (Å²) in [6.45, 7) is 8.37. The van der Waals surface area contributed by atoms with Gasteiger partial charge in [-0.2, -0.15) is 0 Å². The van der Waals surface area contributed by atoms with Crippen LogP contribution in [0.5, 0.6) is 5.75 Å². The van der Waals surface area contributed by atoms with E-state index in [1.807, 2.05) is 6.07 Å². The Morgan fingerprint density at radius 3 is 2.43 bits per heavy atom. The van der Waals surface area contributed by atoms with Crippen LogP contribution in [-0.2, 0) is 4.79 Å². The maximum Gasteiger partial charge on any atom is 0.221 e. The van der Waals surface area contributed by atoms with Crippen LogP contribution >= 0.6 is 0 Å². The fourth-order valence-corrected chi connectivity index (χ4v) is 4.11. The van der Waals surface area contributed by atoms with Crippen molar-refractivity contribution in [3.05, 3.63) is 30.0 Å². The molecule has 0 saturated heterocycles. The van der Waals surface area contributed by atoms with E-state index >= 15 is 0 Å². The van der Waals surface area contributed by atoms with E-state index in [0.717, 1.165) is 24.5 Å². The smallest absolute Gasteiger partial charge is 0.221 e. The molecule has 1 fully saturated rings. The molecule has 0 spiro atoms. The van der Waals surface area contributed by atoms with Gasteiger partial charge in [0, 0.05) is 29.8 Å². The Balaban J connectivity index is 1.88. The highest BCUT2D eigenvalue weighted by Gasteiger charge is 2.31. The van der Waals surface area contributed by atoms with Gasteiger partial charge in [-0.1, -0.05) is 20.8 Å². The molecule has 0 bridgehead atoms. The minimum Gasteiger partial charge on any atom is -0.507 e. The summed E-state index contributed by atoms with van der Waals surface area (Å²) in [5.74, 6) is 1.20. The molecule has 6 heteroatoms. The molecule has 150 valence electrons. The molecule has 1 saturated carbocycles. The molecule has 1 heterocycles. The molecule has 0 aliphatic heterocycles. The first-order valence-corrected chi connectivity index (χ1v) is 9.89. The number of aromatic hydroxyl groups is 1. The highest BCUT2D eigenvalue weighted by Crippen LogP contribution is 2.43. The molecule has 1 aliphatic carbocycles. The lowest BCUT2D eigenvalue weighted by Crippen LogP contribution is -2.25. The average Bonchev–Trinajstić information content (AvgIpc) is 2.62. The lowest BCUT2D eigenvalue weighted by Gasteiger charge is -2.36. The van der Waals surface area contributed by atoms with Crippen LogP contribution in [0.15, 0.2) is 24.3 Å². The minimum atomic E-state index is -0.171. The molecule has 4 N–H and O–H groups in total. The summed E-state index contributed by atoms with van der Waals surface area (Å²) in [6, 6.07) is 6.83. The second kappa shape index (κ2) is 7.78. The van der Waals surface area contributed by atoms with Crippen LogP contribution in [0.25, 0.3) is 11.3 Å². The Morgan fingerprint density at radius 2 is 1.82 bits per heavy atom. The third-order valence-corrected chi connectivity index (χ3v) is 5.73. The maximum atomic E-state index is 11.3. The van der Waals surface area contributed by atoms with Crippen LogP contribution < -0.4 is 11.1 Å². The van der Waals surface area contributed by atoms with Crippen LogP contribution in [0.4, 0.5) is 11.6 Å². The standard InChI is InChI=1S/C22H30N4O2/c1-13(27)24-16-9-10-20(28)17(11-16)19-12-18(25-21(23)26-19)14-5-7-15(8-6-14)22(2,3)4/h9-12,14-15,28H,5-8H2,1-4H3,(H,24,27)(H2,23,25,26). The summed E-state index contributed by atoms with van der Waals surface area (Å²) in [4.78, 5) is 20.2. The fraction of sp³-hybridized carbons (Fsp3) is 0.500. The Kier molecular flexibility index (Phi) is 5.59. The summed E-state index contributed by atoms with van der Waals surface area (Å²) >= 11 is 0. The van der Waals surface area contributed by atoms with E-state index in [1.54, 1.807) is 18.2 Å². The topological polar surface area (TPSA) is 101 Å². The van der Waals surface area contributed by atoms with E-state index < -0.39 is 0 Å². The lowest BCUT2D eigenvalue weighted by molar-refractivity contribution is -0.114. The first kappa shape index (κ1) is 20.1. The van der Waals surface area contributed by atoms with Gasteiger partial charge in [0.2, 0.25) is 11.9 Å². The zero-order chi connectivity index (χ0) is 20.5. The van der Waals surface area contributed by atoms with Gasteiger partial charge >= 0.3 is 0 Å². The number of nitrogens with two attached hydrogens (primary N) is 1. The number of aromatic nitrogens is 2. The number of carbonyl (C=O) groups excluding carboxylic acids is 1. The molecule has 6 nitrogen and oxygen atoms in total. The molecule has 28 heavy (non-hydrogen) atoms. The molecule has 1 aliphatic rings. The minimum absolute atomic E-state index is 0.0922. The van der Waals surface area contributed by atoms with Crippen molar-refractivity contribution in [3.8, 4) is 17.0 Å². The molecular formula is C22H30N4O2. The Labute approximate surface area is 166 Å². The van der Waals surface area contributed by atoms with Gasteiger partial charge in [-0.3, -0.25) is 4.79 Å². The highest BCUT2D eigenvalue weighted by atomic mass is 16.3. The summed E-state index contributed by atoms with van der Waals surface area (Å²) < 4.78 is 0. The van der Waals surface area contributed by atoms with Gasteiger partial charge < -0.3 is 16.2 Å². The number of amides is 1. The molecule has 0 atom stereocenters. The number of nitrogen functional groups attached to an aromatic ring is 1. The lowest BCUT2D eigenvalue weighted by atomic mass is 9.69. The number of nitrogens with zero attached hydrogens (tertiary/aromatic N) is 2. The van der Waals surface area contributed by atoms with E-state index in [-0.39, 0.29) is 17.6 Å². The van der Waals surface area contributed by atoms with Gasteiger partial charge in [0.1, 0.15) is 5.75 Å². The largest absolute Gasteiger partial charge is 0.507 e. The van der Waals surface area contributed by atoms with Crippen LogP contribution in [0.3, 0.4) is 0 Å². The molecular weight excluding hydrogens is 352 g/mol. The van der Waals surface area contributed by atoms with Gasteiger partial charge in [-0.05, 0) is 61.3 Å². The Morgan fingerprint density at radius 1 is 1.14 bits per heavy atom. The van der Waals surface area contributed by atoms with E-state index in [1.165, 1.54) is 19.8 Å². The summed E-state index contributed by atoms with van der Waals surface area (Å²) in [7, 11) is 0. The number of carbonyl (C=O) groups is 1. The Hall–Kier alpha value is -2.63. The molecule has 1 aromatic carbocycles. The van der Waals surface area contributed by atoms with Crippen molar-refractivity contribution in [1.82, 2.24) is 9.97 Å².